The second-order valence-electron chi connectivity index (χ2n) is 3.56. The molecule has 0 unspecified atom stereocenters. The van der Waals surface area contributed by atoms with Crippen LogP contribution in [0.4, 0.5) is 4.39 Å². The van der Waals surface area contributed by atoms with Crippen LogP contribution >= 0.6 is 23.2 Å². The van der Waals surface area contributed by atoms with Crippen molar-refractivity contribution in [3.8, 4) is 11.1 Å². The van der Waals surface area contributed by atoms with Crippen LogP contribution in [0.2, 0.25) is 10.0 Å². The lowest BCUT2D eigenvalue weighted by Crippen LogP contribution is -1.93. The molecule has 0 aliphatic heterocycles. The zero-order valence-corrected chi connectivity index (χ0v) is 10.3. The van der Waals surface area contributed by atoms with E-state index in [1.165, 1.54) is 6.07 Å². The Hall–Kier alpha value is -1.09. The highest BCUT2D eigenvalue weighted by molar-refractivity contribution is 6.42. The second kappa shape index (κ2) is 5.05. The van der Waals surface area contributed by atoms with Crippen LogP contribution in [0, 0.1) is 5.82 Å². The summed E-state index contributed by atoms with van der Waals surface area (Å²) in [7, 11) is 0. The Bertz CT molecular complexity index is 555. The number of rotatable bonds is 2. The van der Waals surface area contributed by atoms with E-state index in [1.54, 1.807) is 30.3 Å². The fraction of sp³-hybridized carbons (Fsp3) is 0.0769. The first-order chi connectivity index (χ1) is 8.13. The first kappa shape index (κ1) is 12.4. The molecule has 0 aromatic heterocycles. The fourth-order valence-corrected chi connectivity index (χ4v) is 1.97. The van der Waals surface area contributed by atoms with Crippen molar-refractivity contribution in [1.29, 1.82) is 0 Å². The van der Waals surface area contributed by atoms with Gasteiger partial charge in [0.1, 0.15) is 5.82 Å². The molecule has 2 rings (SSSR count). The molecule has 0 bridgehead atoms. The van der Waals surface area contributed by atoms with Crippen LogP contribution in [0.25, 0.3) is 11.1 Å². The van der Waals surface area contributed by atoms with Gasteiger partial charge in [-0.05, 0) is 29.3 Å². The summed E-state index contributed by atoms with van der Waals surface area (Å²) in [6.45, 7) is -0.229. The highest BCUT2D eigenvalue weighted by atomic mass is 35.5. The summed E-state index contributed by atoms with van der Waals surface area (Å²) in [5.41, 5.74) is 1.47. The molecule has 0 atom stereocenters. The smallest absolute Gasteiger partial charge is 0.131 e. The summed E-state index contributed by atoms with van der Waals surface area (Å²) < 4.78 is 13.8. The van der Waals surface area contributed by atoms with Crippen LogP contribution in [0.3, 0.4) is 0 Å². The molecule has 0 radical (unpaired) electrons. The first-order valence-corrected chi connectivity index (χ1v) is 5.72. The van der Waals surface area contributed by atoms with Crippen LogP contribution in [0.5, 0.6) is 0 Å². The molecule has 17 heavy (non-hydrogen) atoms. The van der Waals surface area contributed by atoms with E-state index in [2.05, 4.69) is 0 Å². The molecular formula is C13H9Cl2FO. The molecule has 0 saturated carbocycles. The highest BCUT2D eigenvalue weighted by Gasteiger charge is 2.11. The van der Waals surface area contributed by atoms with Gasteiger partial charge >= 0.3 is 0 Å². The molecule has 0 aliphatic carbocycles. The number of hydrogen-bond acceptors (Lipinski definition) is 1. The third-order valence-electron chi connectivity index (χ3n) is 2.48. The lowest BCUT2D eigenvalue weighted by atomic mass is 9.99. The molecular weight excluding hydrogens is 262 g/mol. The van der Waals surface area contributed by atoms with Gasteiger partial charge in [0, 0.05) is 5.56 Å². The van der Waals surface area contributed by atoms with Crippen molar-refractivity contribution < 1.29 is 9.50 Å². The Kier molecular flexibility index (Phi) is 3.67. The third kappa shape index (κ3) is 2.44. The molecule has 0 spiro atoms. The van der Waals surface area contributed by atoms with E-state index in [0.717, 1.165) is 0 Å². The fourth-order valence-electron chi connectivity index (χ4n) is 1.68. The van der Waals surface area contributed by atoms with E-state index in [4.69, 9.17) is 23.2 Å². The van der Waals surface area contributed by atoms with Crippen molar-refractivity contribution in [2.75, 3.05) is 0 Å². The Morgan fingerprint density at radius 3 is 2.47 bits per heavy atom. The predicted molar refractivity (Wildman–Crippen MR) is 67.8 cm³/mol. The molecule has 0 aliphatic rings. The lowest BCUT2D eigenvalue weighted by Gasteiger charge is -2.09. The van der Waals surface area contributed by atoms with Gasteiger partial charge in [0.15, 0.2) is 0 Å². The van der Waals surface area contributed by atoms with Crippen LogP contribution in [-0.4, -0.2) is 5.11 Å². The van der Waals surface area contributed by atoms with Crippen molar-refractivity contribution in [1.82, 2.24) is 0 Å². The van der Waals surface area contributed by atoms with E-state index in [1.807, 2.05) is 0 Å². The Morgan fingerprint density at radius 2 is 1.82 bits per heavy atom. The highest BCUT2D eigenvalue weighted by Crippen LogP contribution is 2.32. The minimum absolute atomic E-state index is 0.229. The largest absolute Gasteiger partial charge is 0.392 e. The van der Waals surface area contributed by atoms with Crippen LogP contribution < -0.4 is 0 Å². The van der Waals surface area contributed by atoms with Crippen molar-refractivity contribution in [2.24, 2.45) is 0 Å². The monoisotopic (exact) mass is 270 g/mol. The predicted octanol–water partition coefficient (Wildman–Crippen LogP) is 4.29. The molecule has 0 heterocycles. The summed E-state index contributed by atoms with van der Waals surface area (Å²) in [5, 5.41) is 9.97. The molecule has 0 amide bonds. The second-order valence-corrected chi connectivity index (χ2v) is 4.38. The lowest BCUT2D eigenvalue weighted by molar-refractivity contribution is 0.282. The summed E-state index contributed by atoms with van der Waals surface area (Å²) >= 11 is 11.7. The SMILES string of the molecule is OCc1cccc(F)c1-c1ccc(Cl)c(Cl)c1. The first-order valence-electron chi connectivity index (χ1n) is 4.97. The van der Waals surface area contributed by atoms with Gasteiger partial charge < -0.3 is 5.11 Å². The van der Waals surface area contributed by atoms with Gasteiger partial charge in [0.2, 0.25) is 0 Å². The van der Waals surface area contributed by atoms with Gasteiger partial charge in [-0.15, -0.1) is 0 Å². The topological polar surface area (TPSA) is 20.2 Å². The van der Waals surface area contributed by atoms with Crippen molar-refractivity contribution in [2.45, 2.75) is 6.61 Å². The molecule has 1 N–H and O–H groups in total. The summed E-state index contributed by atoms with van der Waals surface area (Å²) in [4.78, 5) is 0. The molecule has 0 saturated heterocycles. The summed E-state index contributed by atoms with van der Waals surface area (Å²) in [5.74, 6) is -0.394. The maximum Gasteiger partial charge on any atom is 0.131 e. The van der Waals surface area contributed by atoms with Crippen LogP contribution in [0.15, 0.2) is 36.4 Å². The van der Waals surface area contributed by atoms with Crippen LogP contribution in [0.1, 0.15) is 5.56 Å². The molecule has 4 heteroatoms. The standard InChI is InChI=1S/C13H9Cl2FO/c14-10-5-4-8(6-11(10)15)13-9(7-17)2-1-3-12(13)16/h1-6,17H,7H2. The normalized spacial score (nSPS) is 10.6. The van der Waals surface area contributed by atoms with E-state index in [0.29, 0.717) is 26.7 Å². The molecule has 88 valence electrons. The maximum absolute atomic E-state index is 13.8. The number of aliphatic hydroxyl groups excluding tert-OH is 1. The minimum atomic E-state index is -0.394. The van der Waals surface area contributed by atoms with Crippen molar-refractivity contribution in [3.63, 3.8) is 0 Å². The Morgan fingerprint density at radius 1 is 1.06 bits per heavy atom. The van der Waals surface area contributed by atoms with Crippen LogP contribution in [-0.2, 0) is 6.61 Å². The maximum atomic E-state index is 13.8. The van der Waals surface area contributed by atoms with Gasteiger partial charge in [-0.1, -0.05) is 41.4 Å². The van der Waals surface area contributed by atoms with Gasteiger partial charge in [-0.25, -0.2) is 4.39 Å². The third-order valence-corrected chi connectivity index (χ3v) is 3.22. The zero-order chi connectivity index (χ0) is 12.4. The molecule has 1 nitrogen and oxygen atoms in total. The van der Waals surface area contributed by atoms with Crippen molar-refractivity contribution in [3.05, 3.63) is 57.8 Å². The quantitative estimate of drug-likeness (QED) is 0.863. The van der Waals surface area contributed by atoms with E-state index < -0.39 is 5.82 Å². The van der Waals surface area contributed by atoms with Gasteiger partial charge in [0.05, 0.1) is 16.7 Å². The van der Waals surface area contributed by atoms with Gasteiger partial charge in [0.25, 0.3) is 0 Å². The minimum Gasteiger partial charge on any atom is -0.392 e. The van der Waals surface area contributed by atoms with Crippen molar-refractivity contribution >= 4 is 23.2 Å². The van der Waals surface area contributed by atoms with E-state index >= 15 is 0 Å². The summed E-state index contributed by atoms with van der Waals surface area (Å²) in [6, 6.07) is 9.43. The van der Waals surface area contributed by atoms with Gasteiger partial charge in [-0.2, -0.15) is 0 Å². The average Bonchev–Trinajstić information content (AvgIpc) is 2.32. The van der Waals surface area contributed by atoms with Gasteiger partial charge in [-0.3, -0.25) is 0 Å². The number of aliphatic hydroxyl groups is 1. The Labute approximate surface area is 108 Å². The zero-order valence-electron chi connectivity index (χ0n) is 8.75. The average molecular weight is 271 g/mol. The number of halogens is 3. The Balaban J connectivity index is 2.63. The number of hydrogen-bond donors (Lipinski definition) is 1. The molecule has 2 aromatic carbocycles. The molecule has 0 fully saturated rings. The number of benzene rings is 2. The molecule has 2 aromatic rings. The van der Waals surface area contributed by atoms with E-state index in [9.17, 15) is 9.50 Å². The van der Waals surface area contributed by atoms with E-state index in [-0.39, 0.29) is 6.61 Å². The summed E-state index contributed by atoms with van der Waals surface area (Å²) in [6.07, 6.45) is 0.